The van der Waals surface area contributed by atoms with Crippen molar-refractivity contribution < 1.29 is 4.92 Å². The normalized spacial score (nSPS) is 14.4. The summed E-state index contributed by atoms with van der Waals surface area (Å²) in [5.74, 6) is 0. The van der Waals surface area contributed by atoms with E-state index in [0.29, 0.717) is 11.6 Å². The van der Waals surface area contributed by atoms with E-state index >= 15 is 0 Å². The number of anilines is 1. The molecule has 19 heavy (non-hydrogen) atoms. The molecule has 1 aromatic carbocycles. The Hall–Kier alpha value is -1.95. The molecule has 6 heteroatoms. The Morgan fingerprint density at radius 3 is 2.95 bits per heavy atom. The predicted octanol–water partition coefficient (Wildman–Crippen LogP) is 3.60. The second kappa shape index (κ2) is 4.62. The number of nitrogens with zero attached hydrogens (tertiary/aromatic N) is 2. The molecule has 0 radical (unpaired) electrons. The zero-order valence-corrected chi connectivity index (χ0v) is 11.2. The maximum Gasteiger partial charge on any atom is 0.272 e. The van der Waals surface area contributed by atoms with Gasteiger partial charge in [-0.3, -0.25) is 10.1 Å². The zero-order valence-electron chi connectivity index (χ0n) is 10.4. The lowest BCUT2D eigenvalue weighted by Gasteiger charge is -2.00. The van der Waals surface area contributed by atoms with Crippen molar-refractivity contribution in [2.24, 2.45) is 0 Å². The zero-order chi connectivity index (χ0) is 13.4. The second-order valence-corrected chi connectivity index (χ2v) is 5.57. The van der Waals surface area contributed by atoms with Crippen molar-refractivity contribution in [2.45, 2.75) is 25.8 Å². The van der Waals surface area contributed by atoms with Crippen LogP contribution in [0.1, 0.15) is 18.4 Å². The molecule has 0 atom stereocenters. The molecule has 0 spiro atoms. The van der Waals surface area contributed by atoms with Crippen LogP contribution in [-0.4, -0.2) is 15.9 Å². The Morgan fingerprint density at radius 1 is 1.47 bits per heavy atom. The van der Waals surface area contributed by atoms with E-state index < -0.39 is 0 Å². The molecule has 1 aromatic heterocycles. The Balaban J connectivity index is 1.90. The van der Waals surface area contributed by atoms with Crippen molar-refractivity contribution >= 4 is 22.2 Å². The molecular formula is C13H13N3O2S. The van der Waals surface area contributed by atoms with E-state index in [4.69, 9.17) is 0 Å². The maximum absolute atomic E-state index is 10.9. The first-order chi connectivity index (χ1) is 9.13. The van der Waals surface area contributed by atoms with Gasteiger partial charge in [0.2, 0.25) is 0 Å². The summed E-state index contributed by atoms with van der Waals surface area (Å²) in [4.78, 5) is 15.1. The number of aromatic nitrogens is 1. The van der Waals surface area contributed by atoms with Crippen LogP contribution in [0.15, 0.2) is 23.6 Å². The minimum Gasteiger partial charge on any atom is -0.359 e. The molecule has 98 valence electrons. The lowest BCUT2D eigenvalue weighted by atomic mass is 10.1. The number of benzene rings is 1. The molecule has 1 fully saturated rings. The third kappa shape index (κ3) is 2.58. The fourth-order valence-corrected chi connectivity index (χ4v) is 2.64. The number of hydrogen-bond donors (Lipinski definition) is 1. The second-order valence-electron chi connectivity index (χ2n) is 4.71. The van der Waals surface area contributed by atoms with E-state index in [2.05, 4.69) is 10.3 Å². The number of nitrogens with one attached hydrogen (secondary N) is 1. The molecule has 1 saturated carbocycles. The van der Waals surface area contributed by atoms with Gasteiger partial charge in [-0.1, -0.05) is 12.1 Å². The maximum atomic E-state index is 10.9. The van der Waals surface area contributed by atoms with Gasteiger partial charge in [-0.15, -0.1) is 11.3 Å². The summed E-state index contributed by atoms with van der Waals surface area (Å²) in [6, 6.07) is 5.79. The van der Waals surface area contributed by atoms with Crippen LogP contribution in [0.3, 0.4) is 0 Å². The highest BCUT2D eigenvalue weighted by Gasteiger charge is 2.22. The van der Waals surface area contributed by atoms with Crippen LogP contribution in [0, 0.1) is 17.0 Å². The lowest BCUT2D eigenvalue weighted by molar-refractivity contribution is -0.385. The van der Waals surface area contributed by atoms with Crippen LogP contribution in [0.4, 0.5) is 10.8 Å². The van der Waals surface area contributed by atoms with E-state index in [9.17, 15) is 10.1 Å². The Bertz CT molecular complexity index is 635. The summed E-state index contributed by atoms with van der Waals surface area (Å²) in [5, 5.41) is 17.1. The number of rotatable bonds is 4. The van der Waals surface area contributed by atoms with Crippen LogP contribution >= 0.6 is 11.3 Å². The molecule has 0 amide bonds. The minimum absolute atomic E-state index is 0.141. The van der Waals surface area contributed by atoms with Crippen molar-refractivity contribution in [1.29, 1.82) is 0 Å². The van der Waals surface area contributed by atoms with Crippen molar-refractivity contribution in [2.75, 3.05) is 5.32 Å². The van der Waals surface area contributed by atoms with E-state index in [-0.39, 0.29) is 10.6 Å². The minimum atomic E-state index is -0.353. The van der Waals surface area contributed by atoms with Crippen molar-refractivity contribution in [1.82, 2.24) is 4.98 Å². The molecule has 1 N–H and O–H groups in total. The fraction of sp³-hybridized carbons (Fsp3) is 0.308. The van der Waals surface area contributed by atoms with Crippen LogP contribution in [0.5, 0.6) is 0 Å². The summed E-state index contributed by atoms with van der Waals surface area (Å²) in [5.41, 5.74) is 2.39. The first kappa shape index (κ1) is 12.1. The molecule has 0 unspecified atom stereocenters. The summed E-state index contributed by atoms with van der Waals surface area (Å²) in [6.07, 6.45) is 2.40. The van der Waals surface area contributed by atoms with Gasteiger partial charge < -0.3 is 5.32 Å². The van der Waals surface area contributed by atoms with Gasteiger partial charge in [0, 0.05) is 28.6 Å². The van der Waals surface area contributed by atoms with Crippen LogP contribution in [0.25, 0.3) is 11.3 Å². The van der Waals surface area contributed by atoms with Crippen molar-refractivity contribution in [3.8, 4) is 11.3 Å². The number of nitro benzene ring substituents is 1. The highest BCUT2D eigenvalue weighted by molar-refractivity contribution is 7.14. The Kier molecular flexibility index (Phi) is 2.94. The van der Waals surface area contributed by atoms with Gasteiger partial charge >= 0.3 is 0 Å². The predicted molar refractivity (Wildman–Crippen MR) is 75.6 cm³/mol. The average molecular weight is 275 g/mol. The van der Waals surface area contributed by atoms with Gasteiger partial charge in [-0.05, 0) is 19.8 Å². The topological polar surface area (TPSA) is 68.1 Å². The largest absolute Gasteiger partial charge is 0.359 e. The van der Waals surface area contributed by atoms with Crippen molar-refractivity contribution in [3.05, 3.63) is 39.3 Å². The monoisotopic (exact) mass is 275 g/mol. The molecule has 1 aliphatic carbocycles. The third-order valence-electron chi connectivity index (χ3n) is 3.11. The fourth-order valence-electron chi connectivity index (χ4n) is 1.84. The van der Waals surface area contributed by atoms with Gasteiger partial charge in [0.05, 0.1) is 10.6 Å². The molecule has 0 aliphatic heterocycles. The van der Waals surface area contributed by atoms with Crippen LogP contribution in [-0.2, 0) is 0 Å². The number of hydrogen-bond acceptors (Lipinski definition) is 5. The summed E-state index contributed by atoms with van der Waals surface area (Å²) in [6.45, 7) is 1.74. The van der Waals surface area contributed by atoms with E-state index in [1.165, 1.54) is 24.2 Å². The smallest absolute Gasteiger partial charge is 0.272 e. The van der Waals surface area contributed by atoms with Crippen LogP contribution < -0.4 is 5.32 Å². The number of aryl methyl sites for hydroxylation is 1. The van der Waals surface area contributed by atoms with Crippen LogP contribution in [0.2, 0.25) is 0 Å². The number of nitro groups is 1. The molecule has 1 heterocycles. The molecule has 0 saturated heterocycles. The molecule has 0 bridgehead atoms. The average Bonchev–Trinajstić information content (AvgIpc) is 3.06. The first-order valence-corrected chi connectivity index (χ1v) is 6.99. The molecular weight excluding hydrogens is 262 g/mol. The van der Waals surface area contributed by atoms with E-state index in [1.54, 1.807) is 19.1 Å². The van der Waals surface area contributed by atoms with Gasteiger partial charge in [0.15, 0.2) is 5.13 Å². The van der Waals surface area contributed by atoms with Crippen molar-refractivity contribution in [3.63, 3.8) is 0 Å². The molecule has 2 aromatic rings. The van der Waals surface area contributed by atoms with Gasteiger partial charge in [0.1, 0.15) is 0 Å². The summed E-state index contributed by atoms with van der Waals surface area (Å²) < 4.78 is 0. The molecule has 5 nitrogen and oxygen atoms in total. The standard InChI is InChI=1S/C13H13N3O2S/c1-8-2-3-9(6-12(8)16(17)18)11-7-19-13(15-11)14-10-4-5-10/h2-3,6-7,10H,4-5H2,1H3,(H,14,15). The Morgan fingerprint density at radius 2 is 2.26 bits per heavy atom. The Labute approximate surface area is 114 Å². The highest BCUT2D eigenvalue weighted by Crippen LogP contribution is 2.31. The quantitative estimate of drug-likeness (QED) is 0.683. The SMILES string of the molecule is Cc1ccc(-c2csc(NC3CC3)n2)cc1[N+](=O)[O-]. The third-order valence-corrected chi connectivity index (χ3v) is 3.88. The van der Waals surface area contributed by atoms with E-state index in [0.717, 1.165) is 16.4 Å². The lowest BCUT2D eigenvalue weighted by Crippen LogP contribution is -1.99. The molecule has 3 rings (SSSR count). The summed E-state index contributed by atoms with van der Waals surface area (Å²) >= 11 is 1.54. The van der Waals surface area contributed by atoms with Gasteiger partial charge in [-0.25, -0.2) is 4.98 Å². The summed E-state index contributed by atoms with van der Waals surface area (Å²) in [7, 11) is 0. The first-order valence-electron chi connectivity index (χ1n) is 6.11. The van der Waals surface area contributed by atoms with Gasteiger partial charge in [0.25, 0.3) is 5.69 Å². The number of thiazole rings is 1. The highest BCUT2D eigenvalue weighted by atomic mass is 32.1. The molecule has 1 aliphatic rings. The van der Waals surface area contributed by atoms with E-state index in [1.807, 2.05) is 11.4 Å². The van der Waals surface area contributed by atoms with Gasteiger partial charge in [-0.2, -0.15) is 0 Å².